The second-order valence-electron chi connectivity index (χ2n) is 4.58. The molecule has 2 N–H and O–H groups in total. The molecule has 0 rings (SSSR count). The van der Waals surface area contributed by atoms with E-state index in [1.54, 1.807) is 0 Å². The van der Waals surface area contributed by atoms with Gasteiger partial charge < -0.3 is 15.5 Å². The zero-order valence-electron chi connectivity index (χ0n) is 11.4. The summed E-state index contributed by atoms with van der Waals surface area (Å²) in [5.41, 5.74) is 5.62. The number of carbonyl (C=O) groups is 1. The molecule has 0 radical (unpaired) electrons. The van der Waals surface area contributed by atoms with Crippen molar-refractivity contribution in [2.24, 2.45) is 11.7 Å². The molecule has 16 heavy (non-hydrogen) atoms. The van der Waals surface area contributed by atoms with Crippen molar-refractivity contribution in [1.82, 2.24) is 9.80 Å². The highest BCUT2D eigenvalue weighted by atomic mass is 16.2. The number of likely N-dealkylation sites (N-methyl/N-ethyl adjacent to an activating group) is 2. The van der Waals surface area contributed by atoms with Crippen molar-refractivity contribution >= 4 is 5.91 Å². The van der Waals surface area contributed by atoms with E-state index < -0.39 is 0 Å². The first-order valence-electron chi connectivity index (χ1n) is 6.13. The van der Waals surface area contributed by atoms with Crippen LogP contribution in [0, 0.1) is 5.92 Å². The highest BCUT2D eigenvalue weighted by molar-refractivity contribution is 5.79. The first-order chi connectivity index (χ1) is 7.47. The van der Waals surface area contributed by atoms with Crippen LogP contribution < -0.4 is 5.73 Å². The lowest BCUT2D eigenvalue weighted by Gasteiger charge is -2.32. The third-order valence-corrected chi connectivity index (χ3v) is 2.91. The maximum atomic E-state index is 12.2. The van der Waals surface area contributed by atoms with Crippen molar-refractivity contribution in [1.29, 1.82) is 0 Å². The Bertz CT molecular complexity index is 202. The summed E-state index contributed by atoms with van der Waals surface area (Å²) in [6.45, 7) is 8.21. The van der Waals surface area contributed by atoms with Crippen LogP contribution in [0.3, 0.4) is 0 Å². The van der Waals surface area contributed by atoms with Crippen molar-refractivity contribution in [2.45, 2.75) is 33.2 Å². The van der Waals surface area contributed by atoms with E-state index >= 15 is 0 Å². The molecule has 0 aliphatic heterocycles. The molecule has 4 heteroatoms. The summed E-state index contributed by atoms with van der Waals surface area (Å²) in [6, 6.07) is 0.244. The fraction of sp³-hybridized carbons (Fsp3) is 0.917. The van der Waals surface area contributed by atoms with Gasteiger partial charge in [0.2, 0.25) is 5.91 Å². The summed E-state index contributed by atoms with van der Waals surface area (Å²) in [5, 5.41) is 0. The average Bonchev–Trinajstić information content (AvgIpc) is 2.19. The summed E-state index contributed by atoms with van der Waals surface area (Å²) in [7, 11) is 4.05. The van der Waals surface area contributed by atoms with Gasteiger partial charge in [-0.25, -0.2) is 0 Å². The summed E-state index contributed by atoms with van der Waals surface area (Å²) >= 11 is 0. The van der Waals surface area contributed by atoms with E-state index in [2.05, 4.69) is 11.8 Å². The van der Waals surface area contributed by atoms with Crippen LogP contribution in [0.5, 0.6) is 0 Å². The Kier molecular flexibility index (Phi) is 7.34. The molecule has 0 fully saturated rings. The van der Waals surface area contributed by atoms with Gasteiger partial charge in [-0.2, -0.15) is 0 Å². The van der Waals surface area contributed by atoms with Crippen molar-refractivity contribution < 1.29 is 4.79 Å². The highest BCUT2D eigenvalue weighted by Crippen LogP contribution is 2.10. The van der Waals surface area contributed by atoms with Crippen molar-refractivity contribution in [3.05, 3.63) is 0 Å². The van der Waals surface area contributed by atoms with Gasteiger partial charge in [0.05, 0.1) is 5.92 Å². The van der Waals surface area contributed by atoms with Gasteiger partial charge in [0.25, 0.3) is 0 Å². The molecule has 2 unspecified atom stereocenters. The smallest absolute Gasteiger partial charge is 0.227 e. The minimum absolute atomic E-state index is 0.0236. The molecule has 0 spiro atoms. The number of hydrogen-bond donors (Lipinski definition) is 1. The van der Waals surface area contributed by atoms with Crippen molar-refractivity contribution in [3.63, 3.8) is 0 Å². The molecule has 96 valence electrons. The Hall–Kier alpha value is -0.610. The van der Waals surface area contributed by atoms with Crippen LogP contribution in [-0.4, -0.2) is 55.5 Å². The van der Waals surface area contributed by atoms with E-state index in [0.29, 0.717) is 6.54 Å². The molecule has 1 amide bonds. The fourth-order valence-electron chi connectivity index (χ4n) is 1.99. The third-order valence-electron chi connectivity index (χ3n) is 2.91. The Morgan fingerprint density at radius 2 is 1.88 bits per heavy atom. The van der Waals surface area contributed by atoms with Crippen LogP contribution in [0.1, 0.15) is 27.2 Å². The van der Waals surface area contributed by atoms with E-state index in [4.69, 9.17) is 5.73 Å². The van der Waals surface area contributed by atoms with Gasteiger partial charge in [-0.15, -0.1) is 0 Å². The summed E-state index contributed by atoms with van der Waals surface area (Å²) in [5.74, 6) is 0.173. The van der Waals surface area contributed by atoms with Crippen LogP contribution >= 0.6 is 0 Å². The summed E-state index contributed by atoms with van der Waals surface area (Å²) < 4.78 is 0. The first-order valence-corrected chi connectivity index (χ1v) is 6.13. The van der Waals surface area contributed by atoms with Gasteiger partial charge in [-0.3, -0.25) is 4.79 Å². The number of amides is 1. The van der Waals surface area contributed by atoms with E-state index in [1.807, 2.05) is 32.8 Å². The Labute approximate surface area is 99.8 Å². The molecule has 0 aliphatic carbocycles. The van der Waals surface area contributed by atoms with Gasteiger partial charge in [0, 0.05) is 25.7 Å². The molecule has 0 saturated heterocycles. The quantitative estimate of drug-likeness (QED) is 0.701. The Morgan fingerprint density at radius 3 is 2.19 bits per heavy atom. The topological polar surface area (TPSA) is 49.6 Å². The molecule has 0 saturated carbocycles. The molecule has 0 bridgehead atoms. The zero-order chi connectivity index (χ0) is 12.7. The molecule has 0 aromatic heterocycles. The standard InChI is InChI=1S/C12H27N3O/c1-6-11(8-13)12(16)15(7-2)10(3)9-14(4)5/h10-11H,6-9,13H2,1-5H3. The van der Waals surface area contributed by atoms with Crippen LogP contribution in [0.15, 0.2) is 0 Å². The minimum Gasteiger partial charge on any atom is -0.339 e. The van der Waals surface area contributed by atoms with Gasteiger partial charge in [0.15, 0.2) is 0 Å². The molecular weight excluding hydrogens is 202 g/mol. The predicted molar refractivity (Wildman–Crippen MR) is 68.2 cm³/mol. The predicted octanol–water partition coefficient (Wildman–Crippen LogP) is 0.770. The first kappa shape index (κ1) is 15.4. The molecular formula is C12H27N3O. The number of rotatable bonds is 7. The van der Waals surface area contributed by atoms with Crippen LogP contribution in [-0.2, 0) is 4.79 Å². The van der Waals surface area contributed by atoms with E-state index in [0.717, 1.165) is 19.5 Å². The molecule has 0 aliphatic rings. The molecule has 0 aromatic carbocycles. The van der Waals surface area contributed by atoms with Crippen LogP contribution in [0.4, 0.5) is 0 Å². The number of hydrogen-bond acceptors (Lipinski definition) is 3. The van der Waals surface area contributed by atoms with Gasteiger partial charge >= 0.3 is 0 Å². The van der Waals surface area contributed by atoms with Crippen LogP contribution in [0.2, 0.25) is 0 Å². The van der Waals surface area contributed by atoms with Crippen LogP contribution in [0.25, 0.3) is 0 Å². The van der Waals surface area contributed by atoms with E-state index in [1.165, 1.54) is 0 Å². The zero-order valence-corrected chi connectivity index (χ0v) is 11.4. The molecule has 2 atom stereocenters. The summed E-state index contributed by atoms with van der Waals surface area (Å²) in [4.78, 5) is 16.2. The number of nitrogens with two attached hydrogens (primary N) is 1. The fourth-order valence-corrected chi connectivity index (χ4v) is 1.99. The second kappa shape index (κ2) is 7.63. The Morgan fingerprint density at radius 1 is 1.31 bits per heavy atom. The normalized spacial score (nSPS) is 14.9. The lowest BCUT2D eigenvalue weighted by atomic mass is 10.0. The summed E-state index contributed by atoms with van der Waals surface area (Å²) in [6.07, 6.45) is 0.820. The minimum atomic E-state index is -0.0236. The average molecular weight is 229 g/mol. The van der Waals surface area contributed by atoms with Gasteiger partial charge in [0.1, 0.15) is 0 Å². The van der Waals surface area contributed by atoms with E-state index in [9.17, 15) is 4.79 Å². The third kappa shape index (κ3) is 4.49. The lowest BCUT2D eigenvalue weighted by molar-refractivity contribution is -0.137. The maximum absolute atomic E-state index is 12.2. The SMILES string of the molecule is CCC(CN)C(=O)N(CC)C(C)CN(C)C. The number of carbonyl (C=O) groups excluding carboxylic acids is 1. The molecule has 0 heterocycles. The largest absolute Gasteiger partial charge is 0.339 e. The molecule has 0 aromatic rings. The van der Waals surface area contributed by atoms with E-state index in [-0.39, 0.29) is 17.9 Å². The monoisotopic (exact) mass is 229 g/mol. The number of nitrogens with zero attached hydrogens (tertiary/aromatic N) is 2. The van der Waals surface area contributed by atoms with Crippen molar-refractivity contribution in [2.75, 3.05) is 33.7 Å². The molecule has 4 nitrogen and oxygen atoms in total. The lowest BCUT2D eigenvalue weighted by Crippen LogP contribution is -2.47. The maximum Gasteiger partial charge on any atom is 0.227 e. The van der Waals surface area contributed by atoms with Gasteiger partial charge in [-0.05, 0) is 34.4 Å². The van der Waals surface area contributed by atoms with Gasteiger partial charge in [-0.1, -0.05) is 6.92 Å². The second-order valence-corrected chi connectivity index (χ2v) is 4.58. The van der Waals surface area contributed by atoms with Crippen molar-refractivity contribution in [3.8, 4) is 0 Å². The highest BCUT2D eigenvalue weighted by Gasteiger charge is 2.24. The Balaban J connectivity index is 4.52.